The van der Waals surface area contributed by atoms with Crippen molar-refractivity contribution in [3.05, 3.63) is 58.7 Å². The molecule has 0 spiro atoms. The first-order valence-electron chi connectivity index (χ1n) is 12.4. The van der Waals surface area contributed by atoms with Gasteiger partial charge in [-0.1, -0.05) is 12.1 Å². The molecule has 0 bridgehead atoms. The van der Waals surface area contributed by atoms with Gasteiger partial charge in [0.1, 0.15) is 23.1 Å². The van der Waals surface area contributed by atoms with E-state index >= 15 is 4.39 Å². The van der Waals surface area contributed by atoms with Gasteiger partial charge in [-0.3, -0.25) is 4.79 Å². The number of ether oxygens (including phenoxy) is 1. The van der Waals surface area contributed by atoms with E-state index in [1.165, 1.54) is 12.1 Å². The van der Waals surface area contributed by atoms with Crippen LogP contribution in [0.25, 0.3) is 10.9 Å². The molecular formula is C28H33F3N4O3. The number of benzene rings is 2. The molecule has 1 amide bonds. The molecule has 0 fully saturated rings. The number of carbonyl (C=O) groups excluding carboxylic acids is 1. The fraction of sp³-hybridized carbons (Fsp3) is 0.464. The van der Waals surface area contributed by atoms with Crippen LogP contribution >= 0.6 is 0 Å². The molecular weight excluding hydrogens is 497 g/mol. The van der Waals surface area contributed by atoms with E-state index in [0.29, 0.717) is 41.3 Å². The van der Waals surface area contributed by atoms with Crippen LogP contribution in [0.1, 0.15) is 62.7 Å². The molecule has 1 aliphatic rings. The summed E-state index contributed by atoms with van der Waals surface area (Å²) in [5, 5.41) is 13.7. The van der Waals surface area contributed by atoms with Crippen LogP contribution in [0, 0.1) is 12.7 Å². The lowest BCUT2D eigenvalue weighted by atomic mass is 9.80. The largest absolute Gasteiger partial charge is 0.385 e. The quantitative estimate of drug-likeness (QED) is 0.407. The van der Waals surface area contributed by atoms with E-state index in [-0.39, 0.29) is 11.5 Å². The molecule has 2 heterocycles. The van der Waals surface area contributed by atoms with Crippen LogP contribution in [-0.2, 0) is 20.9 Å². The average Bonchev–Trinajstić information content (AvgIpc) is 3.01. The van der Waals surface area contributed by atoms with Crippen LogP contribution in [0.4, 0.5) is 24.7 Å². The highest BCUT2D eigenvalue weighted by molar-refractivity contribution is 6.10. The zero-order chi connectivity index (χ0) is 28.2. The van der Waals surface area contributed by atoms with E-state index in [1.807, 2.05) is 19.1 Å². The number of aryl methyl sites for hydroxylation is 1. The van der Waals surface area contributed by atoms with Crippen molar-refractivity contribution in [3.8, 4) is 0 Å². The van der Waals surface area contributed by atoms with Gasteiger partial charge in [0.2, 0.25) is 5.91 Å². The summed E-state index contributed by atoms with van der Waals surface area (Å²) >= 11 is 0. The van der Waals surface area contributed by atoms with Gasteiger partial charge < -0.3 is 20.1 Å². The number of amides is 1. The van der Waals surface area contributed by atoms with Crippen molar-refractivity contribution in [1.82, 2.24) is 9.97 Å². The molecule has 2 N–H and O–H groups in total. The van der Waals surface area contributed by atoms with Gasteiger partial charge in [0.15, 0.2) is 0 Å². The molecule has 0 radical (unpaired) electrons. The number of aromatic nitrogens is 2. The van der Waals surface area contributed by atoms with Gasteiger partial charge in [0, 0.05) is 37.4 Å². The van der Waals surface area contributed by atoms with Crippen LogP contribution in [0.2, 0.25) is 0 Å². The predicted octanol–water partition coefficient (Wildman–Crippen LogP) is 5.38. The van der Waals surface area contributed by atoms with Gasteiger partial charge in [-0.15, -0.1) is 0 Å². The highest BCUT2D eigenvalue weighted by Gasteiger charge is 2.49. The Hall–Kier alpha value is -3.24. The summed E-state index contributed by atoms with van der Waals surface area (Å²) in [5.74, 6) is -4.13. The average molecular weight is 531 g/mol. The molecule has 3 aromatic rings. The molecule has 7 nitrogen and oxygen atoms in total. The first kappa shape index (κ1) is 27.8. The van der Waals surface area contributed by atoms with Crippen LogP contribution in [0.15, 0.2) is 30.3 Å². The molecule has 10 heteroatoms. The van der Waals surface area contributed by atoms with Gasteiger partial charge in [0.05, 0.1) is 22.5 Å². The fourth-order valence-electron chi connectivity index (χ4n) is 4.99. The summed E-state index contributed by atoms with van der Waals surface area (Å²) in [6.45, 7) is 7.54. The summed E-state index contributed by atoms with van der Waals surface area (Å²) in [7, 11) is 3.30. The lowest BCUT2D eigenvalue weighted by molar-refractivity contribution is -0.170. The second-order valence-corrected chi connectivity index (χ2v) is 10.7. The summed E-state index contributed by atoms with van der Waals surface area (Å²) in [5.41, 5.74) is -1.97. The van der Waals surface area contributed by atoms with Crippen molar-refractivity contribution in [2.24, 2.45) is 0 Å². The molecule has 0 saturated heterocycles. The smallest absolute Gasteiger partial charge is 0.303 e. The van der Waals surface area contributed by atoms with E-state index in [4.69, 9.17) is 4.74 Å². The number of fused-ring (bicyclic) bond motifs is 2. The van der Waals surface area contributed by atoms with Crippen LogP contribution in [-0.4, -0.2) is 47.3 Å². The molecule has 2 aromatic carbocycles. The van der Waals surface area contributed by atoms with Crippen molar-refractivity contribution in [2.45, 2.75) is 64.0 Å². The number of hydrogen-bond donors (Lipinski definition) is 2. The van der Waals surface area contributed by atoms with Crippen molar-refractivity contribution < 1.29 is 27.8 Å². The van der Waals surface area contributed by atoms with Crippen molar-refractivity contribution >= 4 is 28.3 Å². The highest BCUT2D eigenvalue weighted by atomic mass is 19.3. The molecule has 204 valence electrons. The number of rotatable bonds is 8. The number of alkyl halides is 2. The third kappa shape index (κ3) is 4.39. The number of nitrogens with zero attached hydrogens (tertiary/aromatic N) is 3. The minimum absolute atomic E-state index is 0.00330. The Kier molecular flexibility index (Phi) is 6.95. The van der Waals surface area contributed by atoms with E-state index < -0.39 is 34.4 Å². The van der Waals surface area contributed by atoms with Gasteiger partial charge in [-0.2, -0.15) is 8.78 Å². The molecule has 0 aliphatic carbocycles. The van der Waals surface area contributed by atoms with Crippen molar-refractivity contribution in [1.29, 1.82) is 0 Å². The number of carbonyl (C=O) groups is 1. The molecule has 4 rings (SSSR count). The Morgan fingerprint density at radius 2 is 1.92 bits per heavy atom. The molecule has 0 saturated carbocycles. The van der Waals surface area contributed by atoms with E-state index in [1.54, 1.807) is 32.9 Å². The number of aliphatic hydroxyl groups is 1. The third-order valence-electron chi connectivity index (χ3n) is 7.42. The second kappa shape index (κ2) is 9.50. The van der Waals surface area contributed by atoms with Gasteiger partial charge >= 0.3 is 5.92 Å². The molecule has 38 heavy (non-hydrogen) atoms. The van der Waals surface area contributed by atoms with Gasteiger partial charge in [-0.05, 0) is 64.8 Å². The topological polar surface area (TPSA) is 87.6 Å². The summed E-state index contributed by atoms with van der Waals surface area (Å²) in [6.07, 6.45) is 0.502. The lowest BCUT2D eigenvalue weighted by Crippen LogP contribution is -2.41. The Labute approximate surface area is 220 Å². The fourth-order valence-corrected chi connectivity index (χ4v) is 4.99. The van der Waals surface area contributed by atoms with Crippen molar-refractivity contribution in [3.63, 3.8) is 0 Å². The summed E-state index contributed by atoms with van der Waals surface area (Å²) < 4.78 is 50.3. The zero-order valence-electron chi connectivity index (χ0n) is 22.6. The number of hydrogen-bond acceptors (Lipinski definition) is 6. The molecule has 1 aromatic heterocycles. The van der Waals surface area contributed by atoms with Gasteiger partial charge in [-0.25, -0.2) is 14.4 Å². The normalized spacial score (nSPS) is 18.7. The molecule has 2 unspecified atom stereocenters. The summed E-state index contributed by atoms with van der Waals surface area (Å²) in [4.78, 5) is 23.9. The molecule has 2 atom stereocenters. The maximum atomic E-state index is 15.4. The first-order valence-corrected chi connectivity index (χ1v) is 12.4. The SMILES string of the molecule is COCCC1(C)C(=O)N(C)c2cc3c(NC(C)c4cccc(C(F)(F)C(C)(C)O)c4F)nc(C)nc3cc21. The van der Waals surface area contributed by atoms with Crippen LogP contribution < -0.4 is 10.2 Å². The Balaban J connectivity index is 1.78. The lowest BCUT2D eigenvalue weighted by Gasteiger charge is -2.30. The van der Waals surface area contributed by atoms with E-state index in [0.717, 1.165) is 25.5 Å². The number of likely N-dealkylation sites (N-methyl/N-ethyl adjacent to an activating group) is 1. The minimum atomic E-state index is -3.81. The minimum Gasteiger partial charge on any atom is -0.385 e. The Bertz CT molecular complexity index is 1410. The Morgan fingerprint density at radius 3 is 2.55 bits per heavy atom. The van der Waals surface area contributed by atoms with Crippen molar-refractivity contribution in [2.75, 3.05) is 31.0 Å². The summed E-state index contributed by atoms with van der Waals surface area (Å²) in [6, 6.07) is 6.66. The van der Waals surface area contributed by atoms with E-state index in [9.17, 15) is 18.7 Å². The number of halogens is 3. The third-order valence-corrected chi connectivity index (χ3v) is 7.42. The first-order chi connectivity index (χ1) is 17.6. The second-order valence-electron chi connectivity index (χ2n) is 10.7. The van der Waals surface area contributed by atoms with Crippen LogP contribution in [0.3, 0.4) is 0 Å². The van der Waals surface area contributed by atoms with Crippen LogP contribution in [0.5, 0.6) is 0 Å². The molecule has 1 aliphatic heterocycles. The number of anilines is 2. The number of methoxy groups -OCH3 is 1. The monoisotopic (exact) mass is 530 g/mol. The predicted molar refractivity (Wildman–Crippen MR) is 140 cm³/mol. The standard InChI is InChI=1S/C28H33F3N4O3/c1-15(17-9-8-10-19(23(17)29)28(30,31)26(3,4)37)32-24-18-13-22-20(14-21(18)33-16(2)34-24)27(5,11-12-38-7)25(36)35(22)6/h8-10,13-15,37H,11-12H2,1-7H3,(H,32,33,34). The van der Waals surface area contributed by atoms with Gasteiger partial charge in [0.25, 0.3) is 0 Å². The maximum absolute atomic E-state index is 15.4. The maximum Gasteiger partial charge on any atom is 0.303 e. The number of nitrogens with one attached hydrogen (secondary N) is 1. The van der Waals surface area contributed by atoms with E-state index in [2.05, 4.69) is 15.3 Å². The zero-order valence-corrected chi connectivity index (χ0v) is 22.6. The highest BCUT2D eigenvalue weighted by Crippen LogP contribution is 2.46. The Morgan fingerprint density at radius 1 is 1.24 bits per heavy atom.